The molecular formula is C13H13ClFNO4. The van der Waals surface area contributed by atoms with E-state index >= 15 is 0 Å². The summed E-state index contributed by atoms with van der Waals surface area (Å²) in [6.45, 7) is 0.109. The highest BCUT2D eigenvalue weighted by molar-refractivity contribution is 6.31. The maximum absolute atomic E-state index is 13.9. The molecular weight excluding hydrogens is 289 g/mol. The van der Waals surface area contributed by atoms with E-state index < -0.39 is 23.7 Å². The Labute approximate surface area is 119 Å². The van der Waals surface area contributed by atoms with Gasteiger partial charge in [0.2, 0.25) is 0 Å². The molecule has 1 saturated heterocycles. The van der Waals surface area contributed by atoms with Crippen LogP contribution in [0.3, 0.4) is 0 Å². The first-order valence-corrected chi connectivity index (χ1v) is 6.34. The lowest BCUT2D eigenvalue weighted by Crippen LogP contribution is -2.41. The molecule has 0 radical (unpaired) electrons. The van der Waals surface area contributed by atoms with Crippen molar-refractivity contribution in [2.24, 2.45) is 0 Å². The average Bonchev–Trinajstić information content (AvgIpc) is 2.85. The van der Waals surface area contributed by atoms with Crippen LogP contribution >= 0.6 is 11.6 Å². The predicted octanol–water partition coefficient (Wildman–Crippen LogP) is 1.79. The highest BCUT2D eigenvalue weighted by atomic mass is 35.5. The van der Waals surface area contributed by atoms with Crippen LogP contribution in [0.5, 0.6) is 0 Å². The van der Waals surface area contributed by atoms with Crippen molar-refractivity contribution in [2.45, 2.75) is 18.6 Å². The van der Waals surface area contributed by atoms with Gasteiger partial charge in [0.05, 0.1) is 16.7 Å². The number of hydrogen-bond acceptors (Lipinski definition) is 3. The minimum atomic E-state index is -1.14. The van der Waals surface area contributed by atoms with Gasteiger partial charge in [-0.2, -0.15) is 0 Å². The number of carbonyl (C=O) groups excluding carboxylic acids is 1. The Morgan fingerprint density at radius 3 is 2.80 bits per heavy atom. The number of carbonyl (C=O) groups is 2. The van der Waals surface area contributed by atoms with Crippen LogP contribution < -0.4 is 0 Å². The third-order valence-corrected chi connectivity index (χ3v) is 3.62. The second-order valence-electron chi connectivity index (χ2n) is 4.51. The maximum Gasteiger partial charge on any atom is 0.326 e. The molecule has 0 bridgehead atoms. The third kappa shape index (κ3) is 2.62. The van der Waals surface area contributed by atoms with Crippen LogP contribution in [0.4, 0.5) is 4.39 Å². The number of carboxylic acid groups (broad SMARTS) is 1. The number of hydrogen-bond donors (Lipinski definition) is 1. The molecule has 1 heterocycles. The third-order valence-electron chi connectivity index (χ3n) is 3.32. The van der Waals surface area contributed by atoms with Gasteiger partial charge in [-0.15, -0.1) is 0 Å². The second kappa shape index (κ2) is 5.76. The Hall–Kier alpha value is -1.66. The van der Waals surface area contributed by atoms with Crippen LogP contribution in [0.25, 0.3) is 0 Å². The summed E-state index contributed by atoms with van der Waals surface area (Å²) in [5, 5.41) is 8.97. The second-order valence-corrected chi connectivity index (χ2v) is 4.91. The summed E-state index contributed by atoms with van der Waals surface area (Å²) < 4.78 is 18.9. The van der Waals surface area contributed by atoms with Gasteiger partial charge in [0.1, 0.15) is 6.04 Å². The molecule has 0 spiro atoms. The fourth-order valence-electron chi connectivity index (χ4n) is 2.25. The van der Waals surface area contributed by atoms with Crippen molar-refractivity contribution in [1.29, 1.82) is 0 Å². The van der Waals surface area contributed by atoms with Gasteiger partial charge >= 0.3 is 5.97 Å². The zero-order chi connectivity index (χ0) is 14.9. The van der Waals surface area contributed by atoms with Gasteiger partial charge in [0.25, 0.3) is 5.91 Å². The monoisotopic (exact) mass is 301 g/mol. The van der Waals surface area contributed by atoms with Crippen molar-refractivity contribution < 1.29 is 23.8 Å². The molecule has 1 aromatic rings. The molecule has 7 heteroatoms. The summed E-state index contributed by atoms with van der Waals surface area (Å²) in [6.07, 6.45) is -0.193. The molecule has 5 nitrogen and oxygen atoms in total. The van der Waals surface area contributed by atoms with Crippen molar-refractivity contribution in [3.63, 3.8) is 0 Å². The molecule has 1 aliphatic heterocycles. The smallest absolute Gasteiger partial charge is 0.326 e. The maximum atomic E-state index is 13.9. The molecule has 20 heavy (non-hydrogen) atoms. The summed E-state index contributed by atoms with van der Waals surface area (Å²) in [7, 11) is 1.44. The molecule has 1 N–H and O–H groups in total. The Balaban J connectivity index is 2.31. The van der Waals surface area contributed by atoms with Crippen molar-refractivity contribution >= 4 is 23.5 Å². The molecule has 2 rings (SSSR count). The number of carboxylic acids is 1. The number of likely N-dealkylation sites (tertiary alicyclic amines) is 1. The van der Waals surface area contributed by atoms with Gasteiger partial charge in [0, 0.05) is 20.1 Å². The number of benzene rings is 1. The SMILES string of the molecule is COC1CC(C(=O)O)N(C(=O)c2cccc(Cl)c2F)C1. The topological polar surface area (TPSA) is 66.8 Å². The zero-order valence-electron chi connectivity index (χ0n) is 10.7. The summed E-state index contributed by atoms with van der Waals surface area (Å²) in [4.78, 5) is 24.6. The van der Waals surface area contributed by atoms with E-state index in [0.29, 0.717) is 0 Å². The normalized spacial score (nSPS) is 22.1. The summed E-state index contributed by atoms with van der Waals surface area (Å²) in [5.41, 5.74) is -0.236. The van der Waals surface area contributed by atoms with E-state index in [1.165, 1.54) is 25.3 Å². The van der Waals surface area contributed by atoms with Crippen LogP contribution in [-0.2, 0) is 9.53 Å². The lowest BCUT2D eigenvalue weighted by molar-refractivity contribution is -0.141. The fourth-order valence-corrected chi connectivity index (χ4v) is 2.42. The number of halogens is 2. The summed E-state index contributed by atoms with van der Waals surface area (Å²) >= 11 is 5.63. The van der Waals surface area contributed by atoms with Crippen LogP contribution in [0.1, 0.15) is 16.8 Å². The molecule has 1 aliphatic rings. The molecule has 2 unspecified atom stereocenters. The highest BCUT2D eigenvalue weighted by Gasteiger charge is 2.40. The Kier molecular flexibility index (Phi) is 4.25. The van der Waals surface area contributed by atoms with E-state index in [1.54, 1.807) is 0 Å². The molecule has 2 atom stereocenters. The summed E-state index contributed by atoms with van der Waals surface area (Å²) in [6, 6.07) is 3.02. The molecule has 0 aliphatic carbocycles. The first-order chi connectivity index (χ1) is 9.45. The van der Waals surface area contributed by atoms with E-state index in [2.05, 4.69) is 0 Å². The van der Waals surface area contributed by atoms with E-state index in [-0.39, 0.29) is 29.7 Å². The number of amides is 1. The van der Waals surface area contributed by atoms with Gasteiger partial charge in [-0.1, -0.05) is 17.7 Å². The number of ether oxygens (including phenoxy) is 1. The first-order valence-electron chi connectivity index (χ1n) is 5.96. The quantitative estimate of drug-likeness (QED) is 0.924. The molecule has 108 valence electrons. The van der Waals surface area contributed by atoms with Crippen LogP contribution in [-0.4, -0.2) is 47.7 Å². The zero-order valence-corrected chi connectivity index (χ0v) is 11.4. The van der Waals surface area contributed by atoms with E-state index in [1.807, 2.05) is 0 Å². The molecule has 1 amide bonds. The number of aliphatic carboxylic acids is 1. The largest absolute Gasteiger partial charge is 0.480 e. The van der Waals surface area contributed by atoms with Crippen molar-refractivity contribution in [2.75, 3.05) is 13.7 Å². The van der Waals surface area contributed by atoms with Gasteiger partial charge < -0.3 is 14.7 Å². The summed E-state index contributed by atoms with van der Waals surface area (Å²) in [5.74, 6) is -2.68. The van der Waals surface area contributed by atoms with Crippen molar-refractivity contribution in [3.05, 3.63) is 34.6 Å². The standard InChI is InChI=1S/C13H13ClFNO4/c1-20-7-5-10(13(18)19)16(6-7)12(17)8-3-2-4-9(14)11(8)15/h2-4,7,10H,5-6H2,1H3,(H,18,19). The first kappa shape index (κ1) is 14.7. The fraction of sp³-hybridized carbons (Fsp3) is 0.385. The Morgan fingerprint density at radius 2 is 2.20 bits per heavy atom. The molecule has 0 saturated carbocycles. The number of methoxy groups -OCH3 is 1. The average molecular weight is 302 g/mol. The van der Waals surface area contributed by atoms with Crippen LogP contribution in [0, 0.1) is 5.82 Å². The molecule has 1 fully saturated rings. The van der Waals surface area contributed by atoms with Crippen LogP contribution in [0.15, 0.2) is 18.2 Å². The van der Waals surface area contributed by atoms with E-state index in [9.17, 15) is 14.0 Å². The van der Waals surface area contributed by atoms with Gasteiger partial charge in [-0.05, 0) is 12.1 Å². The minimum absolute atomic E-state index is 0.109. The number of rotatable bonds is 3. The Morgan fingerprint density at radius 1 is 1.50 bits per heavy atom. The van der Waals surface area contributed by atoms with Gasteiger partial charge in [0.15, 0.2) is 5.82 Å². The van der Waals surface area contributed by atoms with Crippen LogP contribution in [0.2, 0.25) is 5.02 Å². The highest BCUT2D eigenvalue weighted by Crippen LogP contribution is 2.25. The number of nitrogens with zero attached hydrogens (tertiary/aromatic N) is 1. The Bertz CT molecular complexity index is 551. The molecule has 0 aromatic heterocycles. The lowest BCUT2D eigenvalue weighted by Gasteiger charge is -2.21. The van der Waals surface area contributed by atoms with Gasteiger partial charge in [-0.3, -0.25) is 4.79 Å². The van der Waals surface area contributed by atoms with E-state index in [4.69, 9.17) is 21.4 Å². The van der Waals surface area contributed by atoms with Gasteiger partial charge in [-0.25, -0.2) is 9.18 Å². The lowest BCUT2D eigenvalue weighted by atomic mass is 10.1. The minimum Gasteiger partial charge on any atom is -0.480 e. The predicted molar refractivity (Wildman–Crippen MR) is 69.3 cm³/mol. The van der Waals surface area contributed by atoms with E-state index in [0.717, 1.165) is 4.90 Å². The van der Waals surface area contributed by atoms with Crippen molar-refractivity contribution in [3.8, 4) is 0 Å². The molecule has 1 aromatic carbocycles. The van der Waals surface area contributed by atoms with Crippen molar-refractivity contribution in [1.82, 2.24) is 4.90 Å².